The summed E-state index contributed by atoms with van der Waals surface area (Å²) >= 11 is 0. The second-order valence-electron chi connectivity index (χ2n) is 8.24. The summed E-state index contributed by atoms with van der Waals surface area (Å²) in [7, 11) is 0. The summed E-state index contributed by atoms with van der Waals surface area (Å²) in [5, 5.41) is 5.73. The number of urea groups is 1. The number of ether oxygens (including phenoxy) is 2. The zero-order chi connectivity index (χ0) is 20.6. The maximum Gasteiger partial charge on any atom is 0.325 e. The van der Waals surface area contributed by atoms with Gasteiger partial charge in [-0.25, -0.2) is 4.79 Å². The first-order valence-electron chi connectivity index (χ1n) is 10.2. The zero-order valence-corrected chi connectivity index (χ0v) is 16.8. The molecule has 2 fully saturated rings. The van der Waals surface area contributed by atoms with Crippen molar-refractivity contribution in [3.8, 4) is 11.5 Å². The van der Waals surface area contributed by atoms with E-state index in [1.807, 2.05) is 0 Å². The van der Waals surface area contributed by atoms with Crippen LogP contribution in [0.2, 0.25) is 0 Å². The normalized spacial score (nSPS) is 28.8. The number of hydrogen-bond donors (Lipinski definition) is 2. The molecule has 0 spiro atoms. The molecule has 1 saturated carbocycles. The van der Waals surface area contributed by atoms with Gasteiger partial charge in [0.25, 0.3) is 5.91 Å². The molecule has 3 atom stereocenters. The summed E-state index contributed by atoms with van der Waals surface area (Å²) in [4.78, 5) is 39.1. The van der Waals surface area contributed by atoms with Crippen LogP contribution >= 0.6 is 0 Å². The molecule has 8 nitrogen and oxygen atoms in total. The molecule has 0 radical (unpaired) electrons. The van der Waals surface area contributed by atoms with Crippen LogP contribution in [0.4, 0.5) is 4.79 Å². The van der Waals surface area contributed by atoms with Crippen LogP contribution in [0, 0.1) is 5.92 Å². The maximum atomic E-state index is 13.1. The standard InChI is InChI=1S/C21H27N3O5/c1-13-5-3-4-6-15(13)22-18(25)12-24-19(26)21(2,23-20(24)27)14-7-8-16-17(11-14)29-10-9-28-16/h7-8,11,13,15H,3-6,9-10,12H2,1-2H3,(H,22,25)(H,23,27)/t13-,15-,21+/m0/s1. The van der Waals surface area contributed by atoms with Gasteiger partial charge in [-0.2, -0.15) is 0 Å². The Bertz CT molecular complexity index is 842. The molecule has 1 saturated heterocycles. The van der Waals surface area contributed by atoms with Gasteiger partial charge in [0, 0.05) is 6.04 Å². The molecule has 2 N–H and O–H groups in total. The van der Waals surface area contributed by atoms with Crippen molar-refractivity contribution in [2.45, 2.75) is 51.1 Å². The zero-order valence-electron chi connectivity index (χ0n) is 16.8. The number of carbonyl (C=O) groups excluding carboxylic acids is 3. The van der Waals surface area contributed by atoms with Crippen molar-refractivity contribution in [2.24, 2.45) is 5.92 Å². The van der Waals surface area contributed by atoms with Crippen molar-refractivity contribution in [2.75, 3.05) is 19.8 Å². The number of hydrogen-bond acceptors (Lipinski definition) is 5. The molecular weight excluding hydrogens is 374 g/mol. The van der Waals surface area contributed by atoms with E-state index in [-0.39, 0.29) is 18.5 Å². The molecule has 8 heteroatoms. The largest absolute Gasteiger partial charge is 0.486 e. The average molecular weight is 401 g/mol. The number of fused-ring (bicyclic) bond motifs is 1. The van der Waals surface area contributed by atoms with Crippen molar-refractivity contribution < 1.29 is 23.9 Å². The number of amides is 4. The van der Waals surface area contributed by atoms with E-state index >= 15 is 0 Å². The van der Waals surface area contributed by atoms with Crippen molar-refractivity contribution >= 4 is 17.8 Å². The Hall–Kier alpha value is -2.77. The number of nitrogens with zero attached hydrogens (tertiary/aromatic N) is 1. The van der Waals surface area contributed by atoms with E-state index in [9.17, 15) is 14.4 Å². The Morgan fingerprint density at radius 1 is 1.21 bits per heavy atom. The van der Waals surface area contributed by atoms with Gasteiger partial charge in [0.2, 0.25) is 5.91 Å². The molecule has 1 aromatic carbocycles. The van der Waals surface area contributed by atoms with Gasteiger partial charge in [-0.3, -0.25) is 14.5 Å². The number of imide groups is 1. The molecule has 4 amide bonds. The van der Waals surface area contributed by atoms with Gasteiger partial charge < -0.3 is 20.1 Å². The minimum atomic E-state index is -1.26. The third kappa shape index (κ3) is 3.63. The van der Waals surface area contributed by atoms with Gasteiger partial charge in [-0.15, -0.1) is 0 Å². The van der Waals surface area contributed by atoms with Crippen molar-refractivity contribution in [3.05, 3.63) is 23.8 Å². The second kappa shape index (κ2) is 7.57. The monoisotopic (exact) mass is 401 g/mol. The van der Waals surface area contributed by atoms with E-state index in [4.69, 9.17) is 9.47 Å². The lowest BCUT2D eigenvalue weighted by atomic mass is 9.86. The molecule has 4 rings (SSSR count). The van der Waals surface area contributed by atoms with E-state index < -0.39 is 17.5 Å². The van der Waals surface area contributed by atoms with Crippen molar-refractivity contribution in [3.63, 3.8) is 0 Å². The van der Waals surface area contributed by atoms with Gasteiger partial charge in [0.1, 0.15) is 25.3 Å². The fraction of sp³-hybridized carbons (Fsp3) is 0.571. The molecule has 0 unspecified atom stereocenters. The van der Waals surface area contributed by atoms with E-state index in [0.29, 0.717) is 36.2 Å². The van der Waals surface area contributed by atoms with E-state index in [1.165, 1.54) is 6.42 Å². The van der Waals surface area contributed by atoms with Gasteiger partial charge in [0.05, 0.1) is 0 Å². The molecule has 1 aliphatic carbocycles. The highest BCUT2D eigenvalue weighted by Gasteiger charge is 2.50. The smallest absolute Gasteiger partial charge is 0.325 e. The Morgan fingerprint density at radius 2 is 1.93 bits per heavy atom. The second-order valence-corrected chi connectivity index (χ2v) is 8.24. The van der Waals surface area contributed by atoms with Crippen LogP contribution in [0.5, 0.6) is 11.5 Å². The third-order valence-electron chi connectivity index (χ3n) is 6.15. The number of benzene rings is 1. The topological polar surface area (TPSA) is 97.0 Å². The number of rotatable bonds is 4. The first-order valence-corrected chi connectivity index (χ1v) is 10.2. The fourth-order valence-electron chi connectivity index (χ4n) is 4.32. The summed E-state index contributed by atoms with van der Waals surface area (Å²) < 4.78 is 11.1. The summed E-state index contributed by atoms with van der Waals surface area (Å²) in [6.07, 6.45) is 4.27. The molecule has 2 heterocycles. The SMILES string of the molecule is C[C@H]1CCCC[C@@H]1NC(=O)CN1C(=O)N[C@](C)(c2ccc3c(c2)OCCO3)C1=O. The minimum absolute atomic E-state index is 0.0983. The molecule has 29 heavy (non-hydrogen) atoms. The average Bonchev–Trinajstić information content (AvgIpc) is 2.93. The molecule has 2 aliphatic heterocycles. The minimum Gasteiger partial charge on any atom is -0.486 e. The van der Waals surface area contributed by atoms with E-state index in [1.54, 1.807) is 25.1 Å². The molecular formula is C21H27N3O5. The lowest BCUT2D eigenvalue weighted by Gasteiger charge is -2.30. The number of carbonyl (C=O) groups is 3. The van der Waals surface area contributed by atoms with Gasteiger partial charge in [-0.1, -0.05) is 25.8 Å². The highest BCUT2D eigenvalue weighted by Crippen LogP contribution is 2.36. The first kappa shape index (κ1) is 19.5. The fourth-order valence-corrected chi connectivity index (χ4v) is 4.32. The summed E-state index contributed by atoms with van der Waals surface area (Å²) in [6, 6.07) is 4.70. The molecule has 0 bridgehead atoms. The number of nitrogens with one attached hydrogen (secondary N) is 2. The van der Waals surface area contributed by atoms with Crippen LogP contribution in [-0.4, -0.2) is 48.5 Å². The van der Waals surface area contributed by atoms with Gasteiger partial charge in [0.15, 0.2) is 11.5 Å². The van der Waals surface area contributed by atoms with E-state index in [2.05, 4.69) is 17.6 Å². The lowest BCUT2D eigenvalue weighted by Crippen LogP contribution is -2.47. The summed E-state index contributed by atoms with van der Waals surface area (Å²) in [5.74, 6) is 0.793. The molecule has 3 aliphatic rings. The van der Waals surface area contributed by atoms with Crippen molar-refractivity contribution in [1.82, 2.24) is 15.5 Å². The lowest BCUT2D eigenvalue weighted by molar-refractivity contribution is -0.135. The van der Waals surface area contributed by atoms with Gasteiger partial charge in [-0.05, 0) is 43.4 Å². The Kier molecular flexibility index (Phi) is 5.10. The van der Waals surface area contributed by atoms with E-state index in [0.717, 1.165) is 24.2 Å². The first-order chi connectivity index (χ1) is 13.9. The highest BCUT2D eigenvalue weighted by atomic mass is 16.6. The predicted molar refractivity (Wildman–Crippen MR) is 105 cm³/mol. The molecule has 1 aromatic rings. The van der Waals surface area contributed by atoms with Crippen LogP contribution in [0.25, 0.3) is 0 Å². The van der Waals surface area contributed by atoms with Gasteiger partial charge >= 0.3 is 6.03 Å². The third-order valence-corrected chi connectivity index (χ3v) is 6.15. The van der Waals surface area contributed by atoms with Crippen LogP contribution in [0.1, 0.15) is 45.1 Å². The van der Waals surface area contributed by atoms with Crippen LogP contribution in [-0.2, 0) is 15.1 Å². The van der Waals surface area contributed by atoms with Crippen molar-refractivity contribution in [1.29, 1.82) is 0 Å². The van der Waals surface area contributed by atoms with Crippen LogP contribution in [0.3, 0.4) is 0 Å². The quantitative estimate of drug-likeness (QED) is 0.752. The Labute approximate surface area is 169 Å². The highest BCUT2D eigenvalue weighted by molar-refractivity contribution is 6.09. The van der Waals surface area contributed by atoms with Crippen LogP contribution < -0.4 is 20.1 Å². The summed E-state index contributed by atoms with van der Waals surface area (Å²) in [5.41, 5.74) is -0.672. The Balaban J connectivity index is 1.47. The molecule has 156 valence electrons. The maximum absolute atomic E-state index is 13.1. The predicted octanol–water partition coefficient (Wildman–Crippen LogP) is 1.92. The molecule has 0 aromatic heterocycles. The van der Waals surface area contributed by atoms with Crippen LogP contribution in [0.15, 0.2) is 18.2 Å². The summed E-state index contributed by atoms with van der Waals surface area (Å²) in [6.45, 7) is 4.38. The Morgan fingerprint density at radius 3 is 2.69 bits per heavy atom.